The Morgan fingerprint density at radius 3 is 2.55 bits per heavy atom. The fourth-order valence-corrected chi connectivity index (χ4v) is 5.92. The molecule has 214 valence electrons. The van der Waals surface area contributed by atoms with Crippen LogP contribution in [0.25, 0.3) is 44.6 Å². The fourth-order valence-electron chi connectivity index (χ4n) is 5.92. The first kappa shape index (κ1) is 26.2. The standard InChI is InChI=1S/C32H33N7O3/c1-32(2,3)42-31(41)39-18-24-20(21-9-11-33-28-22(21)10-12-34-28)6-7-23(27(24)30(39)40)29-35-25-8-5-19(17-26(25)36-29)38-15-13-37(4)14-16-38/h5-12,17H,13-16,18H2,1-4H3,(H,33,34)(H,35,36). The van der Waals surface area contributed by atoms with Gasteiger partial charge in [0.2, 0.25) is 0 Å². The summed E-state index contributed by atoms with van der Waals surface area (Å²) in [6, 6.07) is 14.1. The molecule has 10 nitrogen and oxygen atoms in total. The number of fused-ring (bicyclic) bond motifs is 3. The van der Waals surface area contributed by atoms with Gasteiger partial charge >= 0.3 is 6.09 Å². The number of likely N-dealkylation sites (N-methyl/N-ethyl adjacent to an activating group) is 1. The van der Waals surface area contributed by atoms with Crippen molar-refractivity contribution in [2.24, 2.45) is 0 Å². The van der Waals surface area contributed by atoms with Gasteiger partial charge in [0.05, 0.1) is 23.1 Å². The molecule has 2 amide bonds. The summed E-state index contributed by atoms with van der Waals surface area (Å²) in [7, 11) is 2.15. The van der Waals surface area contributed by atoms with E-state index in [0.717, 1.165) is 70.6 Å². The zero-order valence-corrected chi connectivity index (χ0v) is 24.2. The Hall–Kier alpha value is -4.70. The predicted octanol–water partition coefficient (Wildman–Crippen LogP) is 5.42. The third-order valence-corrected chi connectivity index (χ3v) is 8.04. The monoisotopic (exact) mass is 563 g/mol. The third-order valence-electron chi connectivity index (χ3n) is 8.04. The number of carbonyl (C=O) groups is 2. The molecule has 2 N–H and O–H groups in total. The van der Waals surface area contributed by atoms with Crippen LogP contribution in [0.3, 0.4) is 0 Å². The molecule has 7 rings (SSSR count). The number of benzene rings is 2. The molecule has 1 saturated heterocycles. The summed E-state index contributed by atoms with van der Waals surface area (Å²) in [5, 5.41) is 0.941. The quantitative estimate of drug-likeness (QED) is 0.302. The summed E-state index contributed by atoms with van der Waals surface area (Å²) in [5.41, 5.74) is 6.56. The lowest BCUT2D eigenvalue weighted by molar-refractivity contribution is 0.0248. The first-order chi connectivity index (χ1) is 20.2. The number of ether oxygens (including phenoxy) is 1. The first-order valence-corrected chi connectivity index (χ1v) is 14.2. The van der Waals surface area contributed by atoms with Gasteiger partial charge in [-0.2, -0.15) is 0 Å². The van der Waals surface area contributed by atoms with Gasteiger partial charge in [-0.25, -0.2) is 19.7 Å². The lowest BCUT2D eigenvalue weighted by atomic mass is 9.92. The minimum Gasteiger partial charge on any atom is -0.443 e. The molecule has 5 aromatic rings. The molecule has 2 aliphatic rings. The van der Waals surface area contributed by atoms with Crippen LogP contribution in [0.15, 0.2) is 54.9 Å². The Morgan fingerprint density at radius 2 is 1.76 bits per heavy atom. The fraction of sp³-hybridized carbons (Fsp3) is 0.312. The van der Waals surface area contributed by atoms with E-state index in [0.29, 0.717) is 17.0 Å². The van der Waals surface area contributed by atoms with Crippen LogP contribution in [0, 0.1) is 0 Å². The number of amides is 2. The van der Waals surface area contributed by atoms with Gasteiger partial charge in [0.25, 0.3) is 5.91 Å². The Balaban J connectivity index is 1.34. The molecule has 42 heavy (non-hydrogen) atoms. The summed E-state index contributed by atoms with van der Waals surface area (Å²) in [4.78, 5) is 49.0. The van der Waals surface area contributed by atoms with Gasteiger partial charge in [0.15, 0.2) is 0 Å². The molecule has 0 unspecified atom stereocenters. The minimum absolute atomic E-state index is 0.105. The first-order valence-electron chi connectivity index (χ1n) is 14.2. The minimum atomic E-state index is -0.736. The van der Waals surface area contributed by atoms with Crippen molar-refractivity contribution in [3.8, 4) is 22.5 Å². The Labute approximate surface area is 243 Å². The highest BCUT2D eigenvalue weighted by molar-refractivity contribution is 6.12. The second kappa shape index (κ2) is 9.70. The molecule has 0 spiro atoms. The normalized spacial score (nSPS) is 16.0. The van der Waals surface area contributed by atoms with E-state index in [9.17, 15) is 9.59 Å². The van der Waals surface area contributed by atoms with Crippen LogP contribution >= 0.6 is 0 Å². The number of imidazole rings is 1. The number of aromatic amines is 2. The largest absolute Gasteiger partial charge is 0.443 e. The zero-order chi connectivity index (χ0) is 29.2. The maximum absolute atomic E-state index is 14.0. The number of aromatic nitrogens is 4. The molecule has 3 aromatic heterocycles. The summed E-state index contributed by atoms with van der Waals surface area (Å²) in [6.45, 7) is 9.46. The molecule has 5 heterocycles. The van der Waals surface area contributed by atoms with E-state index in [1.165, 1.54) is 4.90 Å². The lowest BCUT2D eigenvalue weighted by Crippen LogP contribution is -2.44. The van der Waals surface area contributed by atoms with Crippen molar-refractivity contribution >= 4 is 39.8 Å². The van der Waals surface area contributed by atoms with Gasteiger partial charge in [0.1, 0.15) is 17.1 Å². The molecule has 2 aromatic carbocycles. The number of anilines is 1. The van der Waals surface area contributed by atoms with Crippen LogP contribution < -0.4 is 4.90 Å². The van der Waals surface area contributed by atoms with E-state index < -0.39 is 17.6 Å². The highest BCUT2D eigenvalue weighted by Gasteiger charge is 2.39. The van der Waals surface area contributed by atoms with Crippen molar-refractivity contribution in [2.75, 3.05) is 38.1 Å². The van der Waals surface area contributed by atoms with Crippen LogP contribution in [0.5, 0.6) is 0 Å². The predicted molar refractivity (Wildman–Crippen MR) is 162 cm³/mol. The maximum atomic E-state index is 14.0. The number of nitrogens with one attached hydrogen (secondary N) is 2. The van der Waals surface area contributed by atoms with Crippen LogP contribution in [0.2, 0.25) is 0 Å². The van der Waals surface area contributed by atoms with Crippen LogP contribution in [0.1, 0.15) is 36.7 Å². The highest BCUT2D eigenvalue weighted by atomic mass is 16.6. The van der Waals surface area contributed by atoms with Gasteiger partial charge in [0, 0.05) is 55.2 Å². The number of piperazine rings is 1. The van der Waals surface area contributed by atoms with Gasteiger partial charge in [-0.1, -0.05) is 6.07 Å². The number of pyridine rings is 1. The van der Waals surface area contributed by atoms with Gasteiger partial charge < -0.3 is 24.5 Å². The average molecular weight is 564 g/mol. The second-order valence-electron chi connectivity index (χ2n) is 12.1. The molecule has 0 aliphatic carbocycles. The van der Waals surface area contributed by atoms with Crippen molar-refractivity contribution in [3.05, 3.63) is 66.0 Å². The Bertz CT molecular complexity index is 1860. The number of imide groups is 1. The Kier molecular flexibility index (Phi) is 6.05. The van der Waals surface area contributed by atoms with E-state index in [1.54, 1.807) is 27.0 Å². The molecular weight excluding hydrogens is 530 g/mol. The van der Waals surface area contributed by atoms with Gasteiger partial charge in [-0.15, -0.1) is 0 Å². The molecular formula is C32H33N7O3. The SMILES string of the molecule is CN1CCN(c2ccc3nc(-c4ccc(-c5ccnc6[nH]ccc56)c5c4C(=O)N(C(=O)OC(C)(C)C)C5)[nH]c3c2)CC1. The Morgan fingerprint density at radius 1 is 0.976 bits per heavy atom. The molecule has 0 radical (unpaired) electrons. The number of hydrogen-bond acceptors (Lipinski definition) is 7. The molecule has 0 atom stereocenters. The molecule has 0 saturated carbocycles. The number of rotatable bonds is 3. The summed E-state index contributed by atoms with van der Waals surface area (Å²) in [6.07, 6.45) is 2.93. The average Bonchev–Trinajstić information content (AvgIpc) is 3.69. The van der Waals surface area contributed by atoms with Crippen molar-refractivity contribution in [3.63, 3.8) is 0 Å². The van der Waals surface area contributed by atoms with E-state index in [4.69, 9.17) is 9.72 Å². The summed E-state index contributed by atoms with van der Waals surface area (Å²) < 4.78 is 5.62. The summed E-state index contributed by atoms with van der Waals surface area (Å²) in [5.74, 6) is 0.193. The molecule has 1 fully saturated rings. The van der Waals surface area contributed by atoms with Crippen molar-refractivity contribution in [1.29, 1.82) is 0 Å². The zero-order valence-electron chi connectivity index (χ0n) is 24.2. The maximum Gasteiger partial charge on any atom is 0.417 e. The van der Waals surface area contributed by atoms with E-state index >= 15 is 0 Å². The van der Waals surface area contributed by atoms with Crippen LogP contribution in [-0.2, 0) is 11.3 Å². The number of hydrogen-bond donors (Lipinski definition) is 2. The van der Waals surface area contributed by atoms with E-state index in [-0.39, 0.29) is 6.54 Å². The van der Waals surface area contributed by atoms with E-state index in [1.807, 2.05) is 36.5 Å². The van der Waals surface area contributed by atoms with Gasteiger partial charge in [-0.3, -0.25) is 4.79 Å². The van der Waals surface area contributed by atoms with Crippen molar-refractivity contribution in [2.45, 2.75) is 32.9 Å². The lowest BCUT2D eigenvalue weighted by Gasteiger charge is -2.34. The van der Waals surface area contributed by atoms with Crippen LogP contribution in [0.4, 0.5) is 10.5 Å². The van der Waals surface area contributed by atoms with Crippen LogP contribution in [-0.4, -0.2) is 80.6 Å². The van der Waals surface area contributed by atoms with Crippen molar-refractivity contribution in [1.82, 2.24) is 29.7 Å². The molecule has 0 bridgehead atoms. The smallest absolute Gasteiger partial charge is 0.417 e. The second-order valence-corrected chi connectivity index (χ2v) is 12.1. The third kappa shape index (κ3) is 4.48. The number of nitrogens with zero attached hydrogens (tertiary/aromatic N) is 5. The topological polar surface area (TPSA) is 110 Å². The molecule has 2 aliphatic heterocycles. The highest BCUT2D eigenvalue weighted by Crippen LogP contribution is 2.41. The van der Waals surface area contributed by atoms with Gasteiger partial charge in [-0.05, 0) is 80.9 Å². The number of H-pyrrole nitrogens is 2. The van der Waals surface area contributed by atoms with E-state index in [2.05, 4.69) is 43.9 Å². The summed E-state index contributed by atoms with van der Waals surface area (Å²) >= 11 is 0. The number of carbonyl (C=O) groups excluding carboxylic acids is 2. The van der Waals surface area contributed by atoms with Crippen molar-refractivity contribution < 1.29 is 14.3 Å². The molecule has 10 heteroatoms.